The molecule has 1 aliphatic rings. The van der Waals surface area contributed by atoms with E-state index in [1.54, 1.807) is 6.92 Å². The van der Waals surface area contributed by atoms with Crippen LogP contribution in [0.2, 0.25) is 0 Å². The van der Waals surface area contributed by atoms with Crippen molar-refractivity contribution in [3.8, 4) is 0 Å². The van der Waals surface area contributed by atoms with Crippen LogP contribution in [-0.4, -0.2) is 18.1 Å². The quantitative estimate of drug-likeness (QED) is 0.565. The number of esters is 1. The van der Waals surface area contributed by atoms with Gasteiger partial charge < -0.3 is 10.5 Å². The van der Waals surface area contributed by atoms with Crippen LogP contribution in [0.5, 0.6) is 0 Å². The summed E-state index contributed by atoms with van der Waals surface area (Å²) in [6.45, 7) is 4.16. The maximum absolute atomic E-state index is 11.0. The van der Waals surface area contributed by atoms with Gasteiger partial charge >= 0.3 is 5.97 Å². The summed E-state index contributed by atoms with van der Waals surface area (Å²) >= 11 is 0. The summed E-state index contributed by atoms with van der Waals surface area (Å²) in [6, 6.07) is 0. The van der Waals surface area contributed by atoms with E-state index in [-0.39, 0.29) is 5.97 Å². The van der Waals surface area contributed by atoms with E-state index in [1.165, 1.54) is 0 Å². The molecule has 3 nitrogen and oxygen atoms in total. The van der Waals surface area contributed by atoms with Crippen molar-refractivity contribution in [1.29, 1.82) is 0 Å². The fourth-order valence-electron chi connectivity index (χ4n) is 0.998. The zero-order valence-corrected chi connectivity index (χ0v) is 6.39. The maximum atomic E-state index is 11.0. The largest absolute Gasteiger partial charge is 0.465 e. The van der Waals surface area contributed by atoms with Crippen molar-refractivity contribution in [1.82, 2.24) is 0 Å². The Morgan fingerprint density at radius 2 is 2.40 bits per heavy atom. The third-order valence-corrected chi connectivity index (χ3v) is 2.02. The van der Waals surface area contributed by atoms with Crippen LogP contribution in [0.1, 0.15) is 20.3 Å². The van der Waals surface area contributed by atoms with Gasteiger partial charge in [0.05, 0.1) is 6.61 Å². The fourth-order valence-corrected chi connectivity index (χ4v) is 0.998. The van der Waals surface area contributed by atoms with Gasteiger partial charge in [0.25, 0.3) is 0 Å². The van der Waals surface area contributed by atoms with Crippen LogP contribution in [-0.2, 0) is 9.53 Å². The molecule has 2 N–H and O–H groups in total. The molecule has 0 amide bonds. The van der Waals surface area contributed by atoms with Gasteiger partial charge in [0.1, 0.15) is 5.54 Å². The van der Waals surface area contributed by atoms with Gasteiger partial charge in [-0.25, -0.2) is 0 Å². The van der Waals surface area contributed by atoms with Crippen LogP contribution in [0, 0.1) is 5.92 Å². The minimum atomic E-state index is -0.643. The zero-order chi connectivity index (χ0) is 7.78. The number of ether oxygens (including phenoxy) is 1. The average molecular weight is 143 g/mol. The first kappa shape index (κ1) is 7.54. The first-order valence-electron chi connectivity index (χ1n) is 3.57. The molecule has 1 fully saturated rings. The second-order valence-corrected chi connectivity index (χ2v) is 2.87. The molecule has 1 aliphatic carbocycles. The van der Waals surface area contributed by atoms with Gasteiger partial charge in [0.2, 0.25) is 0 Å². The van der Waals surface area contributed by atoms with Crippen molar-refractivity contribution < 1.29 is 9.53 Å². The molecule has 1 rings (SSSR count). The molecule has 0 aromatic heterocycles. The molecule has 58 valence electrons. The molecule has 0 spiro atoms. The lowest BCUT2D eigenvalue weighted by Gasteiger charge is -2.07. The second-order valence-electron chi connectivity index (χ2n) is 2.87. The van der Waals surface area contributed by atoms with Crippen molar-refractivity contribution in [2.45, 2.75) is 25.8 Å². The number of nitrogens with two attached hydrogens (primary N) is 1. The van der Waals surface area contributed by atoms with Gasteiger partial charge in [-0.05, 0) is 19.3 Å². The minimum absolute atomic E-state index is 0.248. The molecule has 0 saturated heterocycles. The van der Waals surface area contributed by atoms with E-state index in [0.717, 1.165) is 6.42 Å². The molecule has 2 atom stereocenters. The molecule has 1 saturated carbocycles. The van der Waals surface area contributed by atoms with Crippen LogP contribution >= 0.6 is 0 Å². The lowest BCUT2D eigenvalue weighted by Crippen LogP contribution is -2.36. The van der Waals surface area contributed by atoms with Gasteiger partial charge in [0, 0.05) is 0 Å². The summed E-state index contributed by atoms with van der Waals surface area (Å²) in [5.74, 6) is 0.0500. The molecular weight excluding hydrogens is 130 g/mol. The smallest absolute Gasteiger partial charge is 0.326 e. The molecule has 0 aliphatic heterocycles. The Morgan fingerprint density at radius 1 is 1.90 bits per heavy atom. The summed E-state index contributed by atoms with van der Waals surface area (Å²) in [7, 11) is 0. The van der Waals surface area contributed by atoms with Gasteiger partial charge in [-0.1, -0.05) is 6.92 Å². The van der Waals surface area contributed by atoms with Gasteiger partial charge in [-0.2, -0.15) is 0 Å². The van der Waals surface area contributed by atoms with Crippen LogP contribution in [0.4, 0.5) is 0 Å². The van der Waals surface area contributed by atoms with Crippen LogP contribution < -0.4 is 5.73 Å². The van der Waals surface area contributed by atoms with Crippen molar-refractivity contribution in [2.75, 3.05) is 6.61 Å². The summed E-state index contributed by atoms with van der Waals surface area (Å²) in [6.07, 6.45) is 0.770. The monoisotopic (exact) mass is 143 g/mol. The third kappa shape index (κ3) is 1.01. The number of hydrogen-bond acceptors (Lipinski definition) is 3. The van der Waals surface area contributed by atoms with Crippen molar-refractivity contribution in [2.24, 2.45) is 11.7 Å². The van der Waals surface area contributed by atoms with E-state index in [4.69, 9.17) is 10.5 Å². The minimum Gasteiger partial charge on any atom is -0.465 e. The predicted octanol–water partition coefficient (Wildman–Crippen LogP) is 0.287. The molecule has 0 aromatic rings. The van der Waals surface area contributed by atoms with E-state index >= 15 is 0 Å². The average Bonchev–Trinajstić information content (AvgIpc) is 2.43. The summed E-state index contributed by atoms with van der Waals surface area (Å²) in [5, 5.41) is 0. The van der Waals surface area contributed by atoms with E-state index in [0.29, 0.717) is 12.5 Å². The van der Waals surface area contributed by atoms with Crippen LogP contribution in [0.3, 0.4) is 0 Å². The van der Waals surface area contributed by atoms with Gasteiger partial charge in [-0.15, -0.1) is 0 Å². The molecule has 0 bridgehead atoms. The Morgan fingerprint density at radius 3 is 2.70 bits per heavy atom. The molecule has 10 heavy (non-hydrogen) atoms. The molecule has 0 heterocycles. The van der Waals surface area contributed by atoms with Crippen LogP contribution in [0.15, 0.2) is 0 Å². The summed E-state index contributed by atoms with van der Waals surface area (Å²) in [4.78, 5) is 11.0. The maximum Gasteiger partial charge on any atom is 0.326 e. The topological polar surface area (TPSA) is 52.3 Å². The molecular formula is C7H13NO2. The number of rotatable bonds is 2. The van der Waals surface area contributed by atoms with E-state index in [9.17, 15) is 4.79 Å². The molecule has 3 heteroatoms. The highest BCUT2D eigenvalue weighted by Crippen LogP contribution is 2.41. The first-order valence-corrected chi connectivity index (χ1v) is 3.57. The first-order chi connectivity index (χ1) is 4.61. The highest BCUT2D eigenvalue weighted by atomic mass is 16.5. The highest BCUT2D eigenvalue weighted by molar-refractivity contribution is 5.84. The van der Waals surface area contributed by atoms with E-state index < -0.39 is 5.54 Å². The SMILES string of the molecule is CCOC(=O)[C@]1(N)C[C@@H]1C. The summed E-state index contributed by atoms with van der Waals surface area (Å²) in [5.41, 5.74) is 5.00. The third-order valence-electron chi connectivity index (χ3n) is 2.02. The fraction of sp³-hybridized carbons (Fsp3) is 0.857. The standard InChI is InChI=1S/C7H13NO2/c1-3-10-6(9)7(8)4-5(7)2/h5H,3-4,8H2,1-2H3/t5-,7-/m0/s1. The highest BCUT2D eigenvalue weighted by Gasteiger charge is 2.55. The van der Waals surface area contributed by atoms with Crippen molar-refractivity contribution in [3.05, 3.63) is 0 Å². The summed E-state index contributed by atoms with van der Waals surface area (Å²) < 4.78 is 4.78. The molecule has 0 unspecified atom stereocenters. The van der Waals surface area contributed by atoms with Gasteiger partial charge in [-0.3, -0.25) is 4.79 Å². The van der Waals surface area contributed by atoms with Crippen LogP contribution in [0.25, 0.3) is 0 Å². The normalized spacial score (nSPS) is 37.3. The molecule has 0 aromatic carbocycles. The number of carbonyl (C=O) groups is 1. The Labute approximate surface area is 60.5 Å². The lowest BCUT2D eigenvalue weighted by molar-refractivity contribution is -0.146. The Bertz CT molecular complexity index is 158. The Hall–Kier alpha value is -0.570. The molecule has 0 radical (unpaired) electrons. The van der Waals surface area contributed by atoms with Crippen molar-refractivity contribution in [3.63, 3.8) is 0 Å². The Balaban J connectivity index is 2.43. The predicted molar refractivity (Wildman–Crippen MR) is 37.3 cm³/mol. The van der Waals surface area contributed by atoms with Gasteiger partial charge in [0.15, 0.2) is 0 Å². The zero-order valence-electron chi connectivity index (χ0n) is 6.39. The van der Waals surface area contributed by atoms with Crippen molar-refractivity contribution >= 4 is 5.97 Å². The van der Waals surface area contributed by atoms with E-state index in [2.05, 4.69) is 0 Å². The Kier molecular flexibility index (Phi) is 1.68. The lowest BCUT2D eigenvalue weighted by atomic mass is 10.2. The number of carbonyl (C=O) groups excluding carboxylic acids is 1. The number of hydrogen-bond donors (Lipinski definition) is 1. The second kappa shape index (κ2) is 2.23. The van der Waals surface area contributed by atoms with E-state index in [1.807, 2.05) is 6.92 Å².